The minimum absolute atomic E-state index is 0.139. The molecule has 0 aliphatic heterocycles. The lowest BCUT2D eigenvalue weighted by molar-refractivity contribution is -0.274. The van der Waals surface area contributed by atoms with Gasteiger partial charge in [-0.3, -0.25) is 4.79 Å². The molecule has 2 aromatic carbocycles. The topological polar surface area (TPSA) is 89.5 Å². The quantitative estimate of drug-likeness (QED) is 0.414. The SMILES string of the molecule is CSCCC(CO)NC(=O)c1cc2cc(N)ccc2n1Cc1cccc(OC(F)(F)F)c1. The summed E-state index contributed by atoms with van der Waals surface area (Å²) in [5.74, 6) is 0.0542. The Morgan fingerprint density at radius 3 is 2.72 bits per heavy atom. The number of fused-ring (bicyclic) bond motifs is 1. The van der Waals surface area contributed by atoms with Crippen molar-refractivity contribution in [3.8, 4) is 5.75 Å². The lowest BCUT2D eigenvalue weighted by atomic mass is 10.2. The molecule has 0 spiro atoms. The van der Waals surface area contributed by atoms with Crippen molar-refractivity contribution in [1.82, 2.24) is 9.88 Å². The highest BCUT2D eigenvalue weighted by Crippen LogP contribution is 2.27. The number of anilines is 1. The van der Waals surface area contributed by atoms with Crippen LogP contribution in [0.15, 0.2) is 48.5 Å². The summed E-state index contributed by atoms with van der Waals surface area (Å²) in [6, 6.07) is 12.1. The lowest BCUT2D eigenvalue weighted by Gasteiger charge is -2.17. The first kappa shape index (κ1) is 23.8. The van der Waals surface area contributed by atoms with Crippen molar-refractivity contribution >= 4 is 34.3 Å². The van der Waals surface area contributed by atoms with E-state index >= 15 is 0 Å². The molecule has 3 aromatic rings. The van der Waals surface area contributed by atoms with Gasteiger partial charge in [0.2, 0.25) is 0 Å². The predicted octanol–water partition coefficient (Wildman–Crippen LogP) is 4.01. The number of aliphatic hydroxyl groups is 1. The summed E-state index contributed by atoms with van der Waals surface area (Å²) in [6.45, 7) is -0.0594. The van der Waals surface area contributed by atoms with Crippen LogP contribution in [0.4, 0.5) is 18.9 Å². The third-order valence-corrected chi connectivity index (χ3v) is 5.50. The number of carbonyl (C=O) groups is 1. The number of aromatic nitrogens is 1. The van der Waals surface area contributed by atoms with E-state index in [1.54, 1.807) is 46.7 Å². The summed E-state index contributed by atoms with van der Waals surface area (Å²) in [4.78, 5) is 13.0. The number of nitrogens with one attached hydrogen (secondary N) is 1. The normalized spacial score (nSPS) is 12.7. The highest BCUT2D eigenvalue weighted by atomic mass is 32.2. The van der Waals surface area contributed by atoms with Gasteiger partial charge in [0.05, 0.1) is 12.6 Å². The number of thioether (sulfide) groups is 1. The summed E-state index contributed by atoms with van der Waals surface area (Å²) < 4.78 is 43.5. The maximum Gasteiger partial charge on any atom is 0.573 e. The van der Waals surface area contributed by atoms with E-state index in [0.29, 0.717) is 28.9 Å². The molecular formula is C22H24F3N3O3S. The smallest absolute Gasteiger partial charge is 0.406 e. The second-order valence-electron chi connectivity index (χ2n) is 7.26. The molecule has 0 aliphatic carbocycles. The predicted molar refractivity (Wildman–Crippen MR) is 120 cm³/mol. The zero-order chi connectivity index (χ0) is 23.3. The average Bonchev–Trinajstić information content (AvgIpc) is 3.07. The van der Waals surface area contributed by atoms with E-state index in [1.165, 1.54) is 18.2 Å². The first-order valence-corrected chi connectivity index (χ1v) is 11.2. The first-order valence-electron chi connectivity index (χ1n) is 9.84. The van der Waals surface area contributed by atoms with Crippen LogP contribution in [-0.2, 0) is 6.54 Å². The summed E-state index contributed by atoms with van der Waals surface area (Å²) in [5.41, 5.74) is 7.95. The number of halogens is 3. The van der Waals surface area contributed by atoms with E-state index in [-0.39, 0.29) is 24.8 Å². The van der Waals surface area contributed by atoms with Crippen molar-refractivity contribution in [1.29, 1.82) is 0 Å². The minimum atomic E-state index is -4.79. The number of nitrogens with two attached hydrogens (primary N) is 1. The highest BCUT2D eigenvalue weighted by molar-refractivity contribution is 7.98. The third kappa shape index (κ3) is 6.10. The second-order valence-corrected chi connectivity index (χ2v) is 8.25. The van der Waals surface area contributed by atoms with Crippen LogP contribution in [0.5, 0.6) is 5.75 Å². The molecule has 1 aromatic heterocycles. The van der Waals surface area contributed by atoms with E-state index in [0.717, 1.165) is 11.1 Å². The Hall–Kier alpha value is -2.85. The number of alkyl halides is 3. The van der Waals surface area contributed by atoms with Gasteiger partial charge in [0.25, 0.3) is 5.91 Å². The molecule has 1 atom stereocenters. The second kappa shape index (κ2) is 10.2. The van der Waals surface area contributed by atoms with Gasteiger partial charge in [-0.2, -0.15) is 11.8 Å². The Labute approximate surface area is 187 Å². The van der Waals surface area contributed by atoms with Crippen LogP contribution in [0.2, 0.25) is 0 Å². The van der Waals surface area contributed by atoms with Crippen LogP contribution in [0.1, 0.15) is 22.5 Å². The van der Waals surface area contributed by atoms with Crippen molar-refractivity contribution in [3.05, 3.63) is 59.8 Å². The molecule has 172 valence electrons. The standard InChI is InChI=1S/C22H24F3N3O3S/c1-32-8-7-17(13-29)27-21(30)20-11-15-10-16(26)5-6-19(15)28(20)12-14-3-2-4-18(9-14)31-22(23,24)25/h2-6,9-11,17,29H,7-8,12-13,26H2,1H3,(H,27,30). The van der Waals surface area contributed by atoms with Gasteiger partial charge in [-0.25, -0.2) is 0 Å². The van der Waals surface area contributed by atoms with Crippen LogP contribution in [-0.4, -0.2) is 46.6 Å². The molecule has 0 saturated heterocycles. The fourth-order valence-corrected chi connectivity index (χ4v) is 3.92. The summed E-state index contributed by atoms with van der Waals surface area (Å²) in [7, 11) is 0. The minimum Gasteiger partial charge on any atom is -0.406 e. The van der Waals surface area contributed by atoms with Crippen molar-refractivity contribution in [2.75, 3.05) is 24.3 Å². The van der Waals surface area contributed by atoms with Crippen molar-refractivity contribution in [2.24, 2.45) is 0 Å². The number of nitrogen functional groups attached to an aromatic ring is 1. The fourth-order valence-electron chi connectivity index (χ4n) is 3.40. The molecule has 10 heteroatoms. The van der Waals surface area contributed by atoms with Crippen LogP contribution < -0.4 is 15.8 Å². The van der Waals surface area contributed by atoms with Crippen LogP contribution in [0.3, 0.4) is 0 Å². The van der Waals surface area contributed by atoms with E-state index in [4.69, 9.17) is 5.73 Å². The number of amides is 1. The Morgan fingerprint density at radius 1 is 1.25 bits per heavy atom. The number of aliphatic hydroxyl groups excluding tert-OH is 1. The number of ether oxygens (including phenoxy) is 1. The molecule has 0 bridgehead atoms. The van der Waals surface area contributed by atoms with E-state index in [2.05, 4.69) is 10.1 Å². The summed E-state index contributed by atoms with van der Waals surface area (Å²) >= 11 is 1.61. The fraction of sp³-hybridized carbons (Fsp3) is 0.318. The highest BCUT2D eigenvalue weighted by Gasteiger charge is 2.31. The number of rotatable bonds is 9. The van der Waals surface area contributed by atoms with Gasteiger partial charge in [-0.15, -0.1) is 13.2 Å². The van der Waals surface area contributed by atoms with Gasteiger partial charge in [-0.1, -0.05) is 12.1 Å². The molecule has 3 rings (SSSR count). The van der Waals surface area contributed by atoms with Gasteiger partial charge in [-0.05, 0) is 60.4 Å². The molecule has 1 unspecified atom stereocenters. The van der Waals surface area contributed by atoms with Crippen molar-refractivity contribution in [3.63, 3.8) is 0 Å². The Morgan fingerprint density at radius 2 is 2.03 bits per heavy atom. The molecule has 6 nitrogen and oxygen atoms in total. The van der Waals surface area contributed by atoms with Gasteiger partial charge in [0.1, 0.15) is 11.4 Å². The molecule has 0 aliphatic rings. The monoisotopic (exact) mass is 467 g/mol. The van der Waals surface area contributed by atoms with Gasteiger partial charge >= 0.3 is 6.36 Å². The molecule has 32 heavy (non-hydrogen) atoms. The maximum atomic E-state index is 13.0. The largest absolute Gasteiger partial charge is 0.573 e. The molecule has 0 fully saturated rings. The molecule has 0 radical (unpaired) electrons. The Kier molecular flexibility index (Phi) is 7.57. The van der Waals surface area contributed by atoms with Crippen molar-refractivity contribution in [2.45, 2.75) is 25.4 Å². The van der Waals surface area contributed by atoms with E-state index in [9.17, 15) is 23.1 Å². The number of benzene rings is 2. The molecule has 1 heterocycles. The third-order valence-electron chi connectivity index (χ3n) is 4.86. The number of hydrogen-bond donors (Lipinski definition) is 3. The van der Waals surface area contributed by atoms with Crippen molar-refractivity contribution < 1.29 is 27.8 Å². The van der Waals surface area contributed by atoms with Crippen LogP contribution in [0.25, 0.3) is 10.9 Å². The van der Waals surface area contributed by atoms with E-state index < -0.39 is 12.4 Å². The Bertz CT molecular complexity index is 1090. The zero-order valence-electron chi connectivity index (χ0n) is 17.4. The maximum absolute atomic E-state index is 13.0. The molecule has 4 N–H and O–H groups in total. The van der Waals surface area contributed by atoms with Crippen LogP contribution >= 0.6 is 11.8 Å². The van der Waals surface area contributed by atoms with Gasteiger partial charge < -0.3 is 25.5 Å². The number of nitrogens with zero attached hydrogens (tertiary/aromatic N) is 1. The zero-order valence-corrected chi connectivity index (χ0v) is 18.2. The molecule has 0 saturated carbocycles. The Balaban J connectivity index is 1.95. The summed E-state index contributed by atoms with van der Waals surface area (Å²) in [6.07, 6.45) is -2.25. The molecule has 1 amide bonds. The molecular weight excluding hydrogens is 443 g/mol. The summed E-state index contributed by atoms with van der Waals surface area (Å²) in [5, 5.41) is 13.2. The first-order chi connectivity index (χ1) is 15.2. The van der Waals surface area contributed by atoms with Gasteiger partial charge in [0, 0.05) is 23.1 Å². The van der Waals surface area contributed by atoms with E-state index in [1.807, 2.05) is 6.26 Å². The van der Waals surface area contributed by atoms with Crippen LogP contribution in [0, 0.1) is 0 Å². The lowest BCUT2D eigenvalue weighted by Crippen LogP contribution is -2.38. The number of hydrogen-bond acceptors (Lipinski definition) is 5. The number of carbonyl (C=O) groups excluding carboxylic acids is 1. The average molecular weight is 468 g/mol. The van der Waals surface area contributed by atoms with Gasteiger partial charge in [0.15, 0.2) is 0 Å².